The molecule has 4 aliphatic rings. The van der Waals surface area contributed by atoms with Crippen LogP contribution >= 0.6 is 0 Å². The van der Waals surface area contributed by atoms with Crippen molar-refractivity contribution in [1.82, 2.24) is 20.0 Å². The Balaban J connectivity index is 1.34. The normalized spacial score (nSPS) is 26.6. The second-order valence-electron chi connectivity index (χ2n) is 13.0. The van der Waals surface area contributed by atoms with Crippen molar-refractivity contribution in [3.05, 3.63) is 35.6 Å². The molecule has 0 unspecified atom stereocenters. The predicted molar refractivity (Wildman–Crippen MR) is 150 cm³/mol. The van der Waals surface area contributed by atoms with Gasteiger partial charge in [0.15, 0.2) is 0 Å². The van der Waals surface area contributed by atoms with Gasteiger partial charge in [0.1, 0.15) is 23.5 Å². The standard InChI is InChI=1S/C31H42FN5O4/c1-31(2,3)41-30(40)34-25(28(38)36-15-7-10-23(36)17-33)19-35-18-24-16-26(35)29(39)37(24)27(20-8-5-4-6-9-20)21-11-13-22(32)14-12-21/h11-14,20,23-27H,4-10,15-16,18-19H2,1-3H3,(H,34,40)/t23-,24+,25-,26+,27+/m0/s1. The van der Waals surface area contributed by atoms with Gasteiger partial charge in [-0.2, -0.15) is 5.26 Å². The van der Waals surface area contributed by atoms with Crippen LogP contribution in [0.2, 0.25) is 0 Å². The van der Waals surface area contributed by atoms with Gasteiger partial charge in [-0.25, -0.2) is 9.18 Å². The quantitative estimate of drug-likeness (QED) is 0.531. The van der Waals surface area contributed by atoms with Gasteiger partial charge in [0.2, 0.25) is 11.8 Å². The van der Waals surface area contributed by atoms with E-state index in [1.165, 1.54) is 23.5 Å². The second-order valence-corrected chi connectivity index (χ2v) is 13.0. The van der Waals surface area contributed by atoms with E-state index in [9.17, 15) is 24.0 Å². The van der Waals surface area contributed by atoms with Crippen LogP contribution in [-0.4, -0.2) is 82.0 Å². The minimum absolute atomic E-state index is 0.0274. The SMILES string of the molecule is CC(C)(C)OC(=O)N[C@@H](CN1C[C@H]2C[C@@H]1C(=O)N2[C@@H](c1ccc(F)cc1)C1CCCCC1)C(=O)N1CCC[C@H]1C#N. The van der Waals surface area contributed by atoms with E-state index in [0.717, 1.165) is 37.7 Å². The van der Waals surface area contributed by atoms with E-state index in [1.807, 2.05) is 21.9 Å². The van der Waals surface area contributed by atoms with Gasteiger partial charge in [0.05, 0.1) is 18.2 Å². The summed E-state index contributed by atoms with van der Waals surface area (Å²) < 4.78 is 19.2. The smallest absolute Gasteiger partial charge is 0.408 e. The van der Waals surface area contributed by atoms with E-state index in [2.05, 4.69) is 11.4 Å². The maximum absolute atomic E-state index is 14.0. The summed E-state index contributed by atoms with van der Waals surface area (Å²) in [6, 6.07) is 6.79. The number of hydrogen-bond donors (Lipinski definition) is 1. The molecule has 5 rings (SSSR count). The van der Waals surface area contributed by atoms with Crippen molar-refractivity contribution in [3.8, 4) is 6.07 Å². The zero-order valence-electron chi connectivity index (χ0n) is 24.4. The van der Waals surface area contributed by atoms with E-state index in [1.54, 1.807) is 20.8 Å². The fraction of sp³-hybridized carbons (Fsp3) is 0.677. The molecular weight excluding hydrogens is 525 g/mol. The number of carbonyl (C=O) groups is 3. The zero-order chi connectivity index (χ0) is 29.3. The molecule has 1 aromatic carbocycles. The van der Waals surface area contributed by atoms with Gasteiger partial charge in [0.25, 0.3) is 0 Å². The third-order valence-electron chi connectivity index (χ3n) is 9.01. The number of hydrogen-bond acceptors (Lipinski definition) is 6. The van der Waals surface area contributed by atoms with E-state index in [0.29, 0.717) is 31.8 Å². The van der Waals surface area contributed by atoms with Gasteiger partial charge in [-0.05, 0) is 76.5 Å². The van der Waals surface area contributed by atoms with E-state index >= 15 is 0 Å². The van der Waals surface area contributed by atoms with Gasteiger partial charge < -0.3 is 19.9 Å². The molecule has 1 aliphatic carbocycles. The number of carbonyl (C=O) groups excluding carboxylic acids is 3. The first-order chi connectivity index (χ1) is 19.6. The number of benzene rings is 1. The number of ether oxygens (including phenoxy) is 1. The number of halogens is 1. The molecule has 0 aromatic heterocycles. The molecule has 0 radical (unpaired) electrons. The molecule has 3 amide bonds. The first-order valence-corrected chi connectivity index (χ1v) is 15.1. The highest BCUT2D eigenvalue weighted by molar-refractivity contribution is 5.88. The van der Waals surface area contributed by atoms with Crippen molar-refractivity contribution >= 4 is 17.9 Å². The lowest BCUT2D eigenvalue weighted by Crippen LogP contribution is -2.59. The summed E-state index contributed by atoms with van der Waals surface area (Å²) in [5.41, 5.74) is 0.236. The molecule has 2 bridgehead atoms. The van der Waals surface area contributed by atoms with Gasteiger partial charge in [-0.1, -0.05) is 31.4 Å². The number of rotatable bonds is 7. The van der Waals surface area contributed by atoms with Crippen LogP contribution in [0.1, 0.15) is 83.7 Å². The summed E-state index contributed by atoms with van der Waals surface area (Å²) in [4.78, 5) is 45.9. The lowest BCUT2D eigenvalue weighted by Gasteiger charge is -2.44. The highest BCUT2D eigenvalue weighted by atomic mass is 19.1. The average molecular weight is 568 g/mol. The first-order valence-electron chi connectivity index (χ1n) is 15.1. The Bertz CT molecular complexity index is 1170. The number of nitriles is 1. The number of piperazine rings is 1. The maximum Gasteiger partial charge on any atom is 0.408 e. The molecule has 3 aliphatic heterocycles. The number of fused-ring (bicyclic) bond motifs is 2. The number of nitrogens with one attached hydrogen (secondary N) is 1. The van der Waals surface area contributed by atoms with Crippen LogP contribution in [0.15, 0.2) is 24.3 Å². The number of alkyl carbamates (subject to hydrolysis) is 1. The van der Waals surface area contributed by atoms with Crippen molar-refractivity contribution in [1.29, 1.82) is 5.26 Å². The molecule has 222 valence electrons. The predicted octanol–water partition coefficient (Wildman–Crippen LogP) is 4.14. The third-order valence-corrected chi connectivity index (χ3v) is 9.01. The third kappa shape index (κ3) is 6.35. The molecule has 3 heterocycles. The topological polar surface area (TPSA) is 106 Å². The summed E-state index contributed by atoms with van der Waals surface area (Å²) in [5.74, 6) is -0.257. The Kier molecular flexibility index (Phi) is 8.55. The minimum Gasteiger partial charge on any atom is -0.444 e. The molecule has 41 heavy (non-hydrogen) atoms. The molecule has 10 heteroatoms. The highest BCUT2D eigenvalue weighted by Crippen LogP contribution is 2.45. The molecule has 1 saturated carbocycles. The molecule has 4 fully saturated rings. The lowest BCUT2D eigenvalue weighted by molar-refractivity contribution is -0.143. The van der Waals surface area contributed by atoms with Crippen LogP contribution in [-0.2, 0) is 14.3 Å². The van der Waals surface area contributed by atoms with Crippen LogP contribution in [0.3, 0.4) is 0 Å². The van der Waals surface area contributed by atoms with E-state index in [-0.39, 0.29) is 36.3 Å². The summed E-state index contributed by atoms with van der Waals surface area (Å²) in [5, 5.41) is 12.3. The van der Waals surface area contributed by atoms with Crippen LogP contribution in [0.5, 0.6) is 0 Å². The Morgan fingerprint density at radius 2 is 1.83 bits per heavy atom. The fourth-order valence-electron chi connectivity index (χ4n) is 7.26. The minimum atomic E-state index is -0.939. The summed E-state index contributed by atoms with van der Waals surface area (Å²) >= 11 is 0. The van der Waals surface area contributed by atoms with Crippen molar-refractivity contribution < 1.29 is 23.5 Å². The second kappa shape index (κ2) is 12.0. The van der Waals surface area contributed by atoms with E-state index < -0.39 is 29.8 Å². The molecule has 3 saturated heterocycles. The van der Waals surface area contributed by atoms with Crippen LogP contribution in [0, 0.1) is 23.1 Å². The molecule has 1 N–H and O–H groups in total. The molecule has 1 aromatic rings. The Morgan fingerprint density at radius 1 is 1.12 bits per heavy atom. The highest BCUT2D eigenvalue weighted by Gasteiger charge is 2.54. The van der Waals surface area contributed by atoms with Crippen molar-refractivity contribution in [3.63, 3.8) is 0 Å². The zero-order valence-corrected chi connectivity index (χ0v) is 24.4. The largest absolute Gasteiger partial charge is 0.444 e. The van der Waals surface area contributed by atoms with Gasteiger partial charge in [-0.3, -0.25) is 14.5 Å². The number of likely N-dealkylation sites (tertiary alicyclic amines) is 3. The Morgan fingerprint density at radius 3 is 2.46 bits per heavy atom. The van der Waals surface area contributed by atoms with Gasteiger partial charge in [0, 0.05) is 25.7 Å². The fourth-order valence-corrected chi connectivity index (χ4v) is 7.26. The van der Waals surface area contributed by atoms with Crippen LogP contribution in [0.25, 0.3) is 0 Å². The Labute approximate surface area is 242 Å². The monoisotopic (exact) mass is 567 g/mol. The van der Waals surface area contributed by atoms with Crippen molar-refractivity contribution in [2.45, 2.75) is 108 Å². The lowest BCUT2D eigenvalue weighted by atomic mass is 9.80. The Hall–Kier alpha value is -3.19. The van der Waals surface area contributed by atoms with Crippen molar-refractivity contribution in [2.75, 3.05) is 19.6 Å². The summed E-state index contributed by atoms with van der Waals surface area (Å²) in [6.45, 7) is 6.48. The maximum atomic E-state index is 14.0. The molecule has 5 atom stereocenters. The van der Waals surface area contributed by atoms with Crippen molar-refractivity contribution in [2.24, 2.45) is 5.92 Å². The first kappa shape index (κ1) is 29.3. The number of amides is 3. The van der Waals surface area contributed by atoms with Crippen LogP contribution in [0.4, 0.5) is 9.18 Å². The van der Waals surface area contributed by atoms with E-state index in [4.69, 9.17) is 4.74 Å². The molecular formula is C31H42FN5O4. The number of nitrogens with zero attached hydrogens (tertiary/aromatic N) is 4. The van der Waals surface area contributed by atoms with Gasteiger partial charge in [-0.15, -0.1) is 0 Å². The summed E-state index contributed by atoms with van der Waals surface area (Å²) in [7, 11) is 0. The van der Waals surface area contributed by atoms with Crippen LogP contribution < -0.4 is 5.32 Å². The average Bonchev–Trinajstić information content (AvgIpc) is 3.64. The van der Waals surface area contributed by atoms with Gasteiger partial charge >= 0.3 is 6.09 Å². The summed E-state index contributed by atoms with van der Waals surface area (Å²) in [6.07, 6.45) is 6.83. The molecule has 0 spiro atoms. The molecule has 9 nitrogen and oxygen atoms in total.